The maximum atomic E-state index is 13.4. The van der Waals surface area contributed by atoms with Gasteiger partial charge in [0.1, 0.15) is 5.82 Å². The Balaban J connectivity index is 1.46. The van der Waals surface area contributed by atoms with E-state index in [-0.39, 0.29) is 11.3 Å². The number of hydrogen-bond donors (Lipinski definition) is 0. The first-order valence-electron chi connectivity index (χ1n) is 8.68. The van der Waals surface area contributed by atoms with Crippen LogP contribution in [0, 0.1) is 5.82 Å². The highest BCUT2D eigenvalue weighted by atomic mass is 35.5. The van der Waals surface area contributed by atoms with Crippen LogP contribution in [-0.2, 0) is 6.42 Å². The summed E-state index contributed by atoms with van der Waals surface area (Å²) >= 11 is 7.12. The van der Waals surface area contributed by atoms with Gasteiger partial charge in [0.15, 0.2) is 5.78 Å². The molecule has 0 aliphatic rings. The number of nitrogens with zero attached hydrogens (tertiary/aromatic N) is 4. The molecular weight excluding hydrogens is 415 g/mol. The zero-order valence-corrected chi connectivity index (χ0v) is 16.5. The summed E-state index contributed by atoms with van der Waals surface area (Å²) in [5.74, 6) is -0.477. The average molecular weight is 429 g/mol. The minimum Gasteiger partial charge on any atom is -0.293 e. The van der Waals surface area contributed by atoms with Gasteiger partial charge in [0.25, 0.3) is 5.56 Å². The maximum absolute atomic E-state index is 13.4. The number of aromatic nitrogens is 4. The van der Waals surface area contributed by atoms with Gasteiger partial charge >= 0.3 is 0 Å². The molecule has 0 bridgehead atoms. The van der Waals surface area contributed by atoms with Crippen molar-refractivity contribution >= 4 is 28.7 Å². The molecule has 0 radical (unpaired) electrons. The fourth-order valence-corrected chi connectivity index (χ4v) is 3.81. The van der Waals surface area contributed by atoms with E-state index in [1.165, 1.54) is 22.0 Å². The lowest BCUT2D eigenvalue weighted by Crippen LogP contribution is -2.16. The number of halogens is 2. The second-order valence-electron chi connectivity index (χ2n) is 6.25. The SMILES string of the molecule is O=C(CCc1cn(-c2ccc(-n3cc(F)ccc3=O)cc2)nn1)c1ccc(Cl)s1. The summed E-state index contributed by atoms with van der Waals surface area (Å²) in [5, 5.41) is 8.19. The van der Waals surface area contributed by atoms with Crippen LogP contribution in [0.5, 0.6) is 0 Å². The monoisotopic (exact) mass is 428 g/mol. The van der Waals surface area contributed by atoms with Crippen molar-refractivity contribution in [1.29, 1.82) is 0 Å². The summed E-state index contributed by atoms with van der Waals surface area (Å²) in [5.41, 5.74) is 1.64. The zero-order valence-electron chi connectivity index (χ0n) is 15.0. The third-order valence-corrected chi connectivity index (χ3v) is 5.54. The molecule has 0 aliphatic heterocycles. The van der Waals surface area contributed by atoms with Crippen molar-refractivity contribution in [3.05, 3.63) is 92.0 Å². The van der Waals surface area contributed by atoms with E-state index >= 15 is 0 Å². The van der Waals surface area contributed by atoms with Gasteiger partial charge in [-0.05, 0) is 42.5 Å². The maximum Gasteiger partial charge on any atom is 0.255 e. The van der Waals surface area contributed by atoms with Crippen LogP contribution in [0.1, 0.15) is 21.8 Å². The molecule has 9 heteroatoms. The van der Waals surface area contributed by atoms with Crippen molar-refractivity contribution in [3.8, 4) is 11.4 Å². The van der Waals surface area contributed by atoms with Crippen molar-refractivity contribution in [2.75, 3.05) is 0 Å². The Hall–Kier alpha value is -3.10. The standard InChI is InChI=1S/C20H14ClFN4O2S/c21-19-9-8-18(29-19)17(27)7-2-14-12-26(24-23-14)16-5-3-15(4-6-16)25-11-13(22)1-10-20(25)28/h1,3-6,8-12H,2,7H2. The molecule has 0 atom stereocenters. The van der Waals surface area contributed by atoms with Crippen molar-refractivity contribution in [2.24, 2.45) is 0 Å². The Morgan fingerprint density at radius 3 is 2.52 bits per heavy atom. The van der Waals surface area contributed by atoms with E-state index in [2.05, 4.69) is 10.3 Å². The minimum absolute atomic E-state index is 0.0151. The fraction of sp³-hybridized carbons (Fsp3) is 0.100. The lowest BCUT2D eigenvalue weighted by atomic mass is 10.1. The van der Waals surface area contributed by atoms with E-state index in [9.17, 15) is 14.0 Å². The van der Waals surface area contributed by atoms with Gasteiger partial charge in [0, 0.05) is 30.8 Å². The quantitative estimate of drug-likeness (QED) is 0.434. The Kier molecular flexibility index (Phi) is 5.37. The summed E-state index contributed by atoms with van der Waals surface area (Å²) in [7, 11) is 0. The van der Waals surface area contributed by atoms with Gasteiger partial charge in [0.2, 0.25) is 0 Å². The Labute approximate surface area is 173 Å². The number of hydrogen-bond acceptors (Lipinski definition) is 5. The molecule has 0 N–H and O–H groups in total. The highest BCUT2D eigenvalue weighted by Gasteiger charge is 2.11. The molecule has 6 nitrogen and oxygen atoms in total. The van der Waals surface area contributed by atoms with Crippen LogP contribution in [0.4, 0.5) is 4.39 Å². The van der Waals surface area contributed by atoms with E-state index in [4.69, 9.17) is 11.6 Å². The largest absolute Gasteiger partial charge is 0.293 e. The van der Waals surface area contributed by atoms with Crippen LogP contribution in [0.15, 0.2) is 65.7 Å². The lowest BCUT2D eigenvalue weighted by molar-refractivity contribution is 0.0986. The van der Waals surface area contributed by atoms with Crippen LogP contribution in [-0.4, -0.2) is 25.3 Å². The molecule has 1 aromatic carbocycles. The van der Waals surface area contributed by atoms with Gasteiger partial charge in [-0.1, -0.05) is 16.8 Å². The third kappa shape index (κ3) is 4.33. The van der Waals surface area contributed by atoms with Gasteiger partial charge in [-0.25, -0.2) is 9.07 Å². The number of thiophene rings is 1. The molecule has 3 aromatic heterocycles. The molecule has 0 unspecified atom stereocenters. The molecule has 0 aliphatic carbocycles. The predicted octanol–water partition coefficient (Wildman–Crippen LogP) is 4.09. The Morgan fingerprint density at radius 1 is 1.03 bits per heavy atom. The highest BCUT2D eigenvalue weighted by molar-refractivity contribution is 7.18. The van der Waals surface area contributed by atoms with E-state index in [1.807, 2.05) is 0 Å². The Bertz CT molecular complexity index is 1230. The summed E-state index contributed by atoms with van der Waals surface area (Å²) in [6, 6.07) is 12.6. The van der Waals surface area contributed by atoms with Crippen molar-refractivity contribution in [1.82, 2.24) is 19.6 Å². The molecule has 0 saturated heterocycles. The molecule has 146 valence electrons. The van der Waals surface area contributed by atoms with Gasteiger partial charge in [-0.2, -0.15) is 0 Å². The number of ketones is 1. The van der Waals surface area contributed by atoms with Crippen molar-refractivity contribution in [3.63, 3.8) is 0 Å². The molecule has 4 rings (SSSR count). The van der Waals surface area contributed by atoms with Crippen molar-refractivity contribution in [2.45, 2.75) is 12.8 Å². The van der Waals surface area contributed by atoms with E-state index in [0.717, 1.165) is 18.0 Å². The smallest absolute Gasteiger partial charge is 0.255 e. The number of carbonyl (C=O) groups is 1. The molecule has 0 saturated carbocycles. The number of carbonyl (C=O) groups excluding carboxylic acids is 1. The van der Waals surface area contributed by atoms with Crippen LogP contribution in [0.25, 0.3) is 11.4 Å². The normalized spacial score (nSPS) is 11.0. The Morgan fingerprint density at radius 2 is 1.79 bits per heavy atom. The second kappa shape index (κ2) is 8.10. The third-order valence-electron chi connectivity index (χ3n) is 4.26. The van der Waals surface area contributed by atoms with E-state index in [1.54, 1.807) is 47.3 Å². The first-order valence-corrected chi connectivity index (χ1v) is 9.88. The summed E-state index contributed by atoms with van der Waals surface area (Å²) in [4.78, 5) is 24.7. The topological polar surface area (TPSA) is 69.8 Å². The number of aryl methyl sites for hydroxylation is 1. The summed E-state index contributed by atoms with van der Waals surface area (Å²) in [6.07, 6.45) is 3.67. The van der Waals surface area contributed by atoms with Gasteiger partial charge in [-0.3, -0.25) is 14.2 Å². The van der Waals surface area contributed by atoms with Crippen LogP contribution in [0.3, 0.4) is 0 Å². The number of benzene rings is 1. The van der Waals surface area contributed by atoms with E-state index < -0.39 is 5.82 Å². The van der Waals surface area contributed by atoms with Crippen LogP contribution < -0.4 is 5.56 Å². The highest BCUT2D eigenvalue weighted by Crippen LogP contribution is 2.23. The summed E-state index contributed by atoms with van der Waals surface area (Å²) < 4.78 is 16.8. The molecule has 4 aromatic rings. The minimum atomic E-state index is -0.492. The summed E-state index contributed by atoms with van der Waals surface area (Å²) in [6.45, 7) is 0. The van der Waals surface area contributed by atoms with Gasteiger partial charge in [-0.15, -0.1) is 16.4 Å². The number of Topliss-reactive ketones (excluding diaryl/α,β-unsaturated/α-hetero) is 1. The van der Waals surface area contributed by atoms with Gasteiger partial charge in [0.05, 0.1) is 26.8 Å². The zero-order chi connectivity index (χ0) is 20.4. The first-order chi connectivity index (χ1) is 14.0. The molecule has 0 spiro atoms. The first kappa shape index (κ1) is 19.2. The fourth-order valence-electron chi connectivity index (χ4n) is 2.80. The van der Waals surface area contributed by atoms with Crippen molar-refractivity contribution < 1.29 is 9.18 Å². The average Bonchev–Trinajstić information content (AvgIpc) is 3.37. The van der Waals surface area contributed by atoms with Crippen LogP contribution >= 0.6 is 22.9 Å². The number of rotatable bonds is 6. The molecule has 0 fully saturated rings. The molecule has 29 heavy (non-hydrogen) atoms. The lowest BCUT2D eigenvalue weighted by Gasteiger charge is -2.06. The second-order valence-corrected chi connectivity index (χ2v) is 7.97. The number of pyridine rings is 1. The predicted molar refractivity (Wildman–Crippen MR) is 109 cm³/mol. The van der Waals surface area contributed by atoms with Crippen LogP contribution in [0.2, 0.25) is 4.34 Å². The van der Waals surface area contributed by atoms with Gasteiger partial charge < -0.3 is 0 Å². The van der Waals surface area contributed by atoms with E-state index in [0.29, 0.717) is 33.4 Å². The molecule has 0 amide bonds. The molecular formula is C20H14ClFN4O2S. The molecule has 3 heterocycles.